The summed E-state index contributed by atoms with van der Waals surface area (Å²) in [5.74, 6) is 1.54. The molecule has 2 N–H and O–H groups in total. The molecule has 0 spiro atoms. The molecule has 0 saturated carbocycles. The smallest absolute Gasteiger partial charge is 0.238 e. The average Bonchev–Trinajstić information content (AvgIpc) is 2.41. The number of rotatable bonds is 2. The SMILES string of the molecule is Nc1ccc(Oc2ccc3ccccc3c2)nn1. The molecule has 0 bridgehead atoms. The molecule has 4 heteroatoms. The van der Waals surface area contributed by atoms with Crippen molar-refractivity contribution in [2.24, 2.45) is 0 Å². The van der Waals surface area contributed by atoms with Gasteiger partial charge in [-0.2, -0.15) is 0 Å². The van der Waals surface area contributed by atoms with E-state index in [0.29, 0.717) is 11.7 Å². The van der Waals surface area contributed by atoms with Crippen molar-refractivity contribution in [1.82, 2.24) is 10.2 Å². The number of nitrogens with two attached hydrogens (primary N) is 1. The van der Waals surface area contributed by atoms with Gasteiger partial charge >= 0.3 is 0 Å². The summed E-state index contributed by atoms with van der Waals surface area (Å²) in [5.41, 5.74) is 5.47. The number of anilines is 1. The van der Waals surface area contributed by atoms with Crippen molar-refractivity contribution < 1.29 is 4.74 Å². The minimum absolute atomic E-state index is 0.376. The van der Waals surface area contributed by atoms with Crippen LogP contribution in [0.5, 0.6) is 11.6 Å². The van der Waals surface area contributed by atoms with Crippen LogP contribution in [-0.2, 0) is 0 Å². The molecular weight excluding hydrogens is 226 g/mol. The van der Waals surface area contributed by atoms with Crippen LogP contribution in [0, 0.1) is 0 Å². The normalized spacial score (nSPS) is 10.4. The van der Waals surface area contributed by atoms with Gasteiger partial charge in [-0.1, -0.05) is 30.3 Å². The predicted molar refractivity (Wildman–Crippen MR) is 70.5 cm³/mol. The molecule has 0 radical (unpaired) electrons. The first-order valence-electron chi connectivity index (χ1n) is 5.57. The largest absolute Gasteiger partial charge is 0.438 e. The third-order valence-electron chi connectivity index (χ3n) is 2.60. The average molecular weight is 237 g/mol. The Bertz CT molecular complexity index is 680. The second-order valence-corrected chi connectivity index (χ2v) is 3.91. The van der Waals surface area contributed by atoms with E-state index in [4.69, 9.17) is 10.5 Å². The molecule has 0 aliphatic heterocycles. The number of nitrogen functional groups attached to an aromatic ring is 1. The van der Waals surface area contributed by atoms with Gasteiger partial charge in [0.15, 0.2) is 0 Å². The minimum Gasteiger partial charge on any atom is -0.438 e. The van der Waals surface area contributed by atoms with Gasteiger partial charge in [0.1, 0.15) is 11.6 Å². The zero-order valence-corrected chi connectivity index (χ0v) is 9.58. The van der Waals surface area contributed by atoms with Gasteiger partial charge in [0.05, 0.1) is 0 Å². The van der Waals surface area contributed by atoms with Gasteiger partial charge in [0, 0.05) is 6.07 Å². The number of benzene rings is 2. The van der Waals surface area contributed by atoms with E-state index in [0.717, 1.165) is 11.1 Å². The first kappa shape index (κ1) is 10.5. The summed E-state index contributed by atoms with van der Waals surface area (Å²) < 4.78 is 5.61. The molecule has 3 rings (SSSR count). The first-order chi connectivity index (χ1) is 8.81. The molecule has 88 valence electrons. The van der Waals surface area contributed by atoms with Crippen molar-refractivity contribution in [3.8, 4) is 11.6 Å². The Hall–Kier alpha value is -2.62. The minimum atomic E-state index is 0.376. The van der Waals surface area contributed by atoms with E-state index in [1.54, 1.807) is 12.1 Å². The van der Waals surface area contributed by atoms with Gasteiger partial charge in [0.25, 0.3) is 0 Å². The lowest BCUT2D eigenvalue weighted by Gasteiger charge is -2.05. The second-order valence-electron chi connectivity index (χ2n) is 3.91. The highest BCUT2D eigenvalue weighted by Crippen LogP contribution is 2.24. The molecule has 18 heavy (non-hydrogen) atoms. The van der Waals surface area contributed by atoms with E-state index in [1.165, 1.54) is 5.39 Å². The van der Waals surface area contributed by atoms with Gasteiger partial charge in [-0.15, -0.1) is 10.2 Å². The highest BCUT2D eigenvalue weighted by atomic mass is 16.5. The summed E-state index contributed by atoms with van der Waals surface area (Å²) in [4.78, 5) is 0. The Morgan fingerprint density at radius 2 is 1.67 bits per heavy atom. The van der Waals surface area contributed by atoms with Gasteiger partial charge in [-0.05, 0) is 29.0 Å². The zero-order valence-electron chi connectivity index (χ0n) is 9.58. The standard InChI is InChI=1S/C14H11N3O/c15-13-7-8-14(17-16-13)18-12-6-5-10-3-1-2-4-11(10)9-12/h1-9H,(H2,15,16). The maximum Gasteiger partial charge on any atom is 0.238 e. The first-order valence-corrected chi connectivity index (χ1v) is 5.57. The molecule has 0 saturated heterocycles. The Labute approximate surface area is 104 Å². The van der Waals surface area contributed by atoms with Crippen molar-refractivity contribution in [1.29, 1.82) is 0 Å². The van der Waals surface area contributed by atoms with Crippen LogP contribution >= 0.6 is 0 Å². The van der Waals surface area contributed by atoms with Crippen molar-refractivity contribution in [2.75, 3.05) is 5.73 Å². The van der Waals surface area contributed by atoms with Crippen LogP contribution in [0.25, 0.3) is 10.8 Å². The third kappa shape index (κ3) is 2.08. The molecule has 1 aromatic heterocycles. The van der Waals surface area contributed by atoms with Crippen LogP contribution in [0.4, 0.5) is 5.82 Å². The lowest BCUT2D eigenvalue weighted by molar-refractivity contribution is 0.456. The Morgan fingerprint density at radius 1 is 0.833 bits per heavy atom. The van der Waals surface area contributed by atoms with Crippen molar-refractivity contribution >= 4 is 16.6 Å². The quantitative estimate of drug-likeness (QED) is 0.744. The van der Waals surface area contributed by atoms with Crippen LogP contribution in [0.2, 0.25) is 0 Å². The Kier molecular flexibility index (Phi) is 2.53. The fraction of sp³-hybridized carbons (Fsp3) is 0. The van der Waals surface area contributed by atoms with Gasteiger partial charge in [-0.3, -0.25) is 0 Å². The fourth-order valence-electron chi connectivity index (χ4n) is 1.74. The lowest BCUT2D eigenvalue weighted by Crippen LogP contribution is -1.94. The summed E-state index contributed by atoms with van der Waals surface area (Å²) in [6, 6.07) is 17.3. The highest BCUT2D eigenvalue weighted by Gasteiger charge is 2.00. The van der Waals surface area contributed by atoms with Crippen LogP contribution in [0.15, 0.2) is 54.6 Å². The maximum atomic E-state index is 5.61. The van der Waals surface area contributed by atoms with Gasteiger partial charge < -0.3 is 10.5 Å². The van der Waals surface area contributed by atoms with E-state index >= 15 is 0 Å². The molecule has 1 heterocycles. The zero-order chi connectivity index (χ0) is 12.4. The molecule has 0 aliphatic rings. The van der Waals surface area contributed by atoms with Gasteiger partial charge in [0.2, 0.25) is 5.88 Å². The maximum absolute atomic E-state index is 5.61. The van der Waals surface area contributed by atoms with Crippen LogP contribution in [0.3, 0.4) is 0 Å². The number of ether oxygens (including phenoxy) is 1. The van der Waals surface area contributed by atoms with Crippen LogP contribution in [-0.4, -0.2) is 10.2 Å². The summed E-state index contributed by atoms with van der Waals surface area (Å²) in [6.07, 6.45) is 0. The molecule has 0 aliphatic carbocycles. The number of nitrogens with zero attached hydrogens (tertiary/aromatic N) is 2. The van der Waals surface area contributed by atoms with E-state index in [1.807, 2.05) is 36.4 Å². The summed E-state index contributed by atoms with van der Waals surface area (Å²) >= 11 is 0. The summed E-state index contributed by atoms with van der Waals surface area (Å²) in [6.45, 7) is 0. The van der Waals surface area contributed by atoms with Crippen LogP contribution in [0.1, 0.15) is 0 Å². The number of fused-ring (bicyclic) bond motifs is 1. The lowest BCUT2D eigenvalue weighted by atomic mass is 10.1. The van der Waals surface area contributed by atoms with E-state index in [-0.39, 0.29) is 0 Å². The van der Waals surface area contributed by atoms with Gasteiger partial charge in [-0.25, -0.2) is 0 Å². The molecule has 0 atom stereocenters. The molecule has 0 unspecified atom stereocenters. The molecule has 3 aromatic rings. The Morgan fingerprint density at radius 3 is 2.44 bits per heavy atom. The monoisotopic (exact) mass is 237 g/mol. The highest BCUT2D eigenvalue weighted by molar-refractivity contribution is 5.83. The molecule has 4 nitrogen and oxygen atoms in total. The molecule has 0 amide bonds. The van der Waals surface area contributed by atoms with Crippen molar-refractivity contribution in [3.05, 3.63) is 54.6 Å². The summed E-state index contributed by atoms with van der Waals surface area (Å²) in [5, 5.41) is 9.89. The molecule has 0 fully saturated rings. The Balaban J connectivity index is 1.92. The van der Waals surface area contributed by atoms with Crippen molar-refractivity contribution in [3.63, 3.8) is 0 Å². The number of hydrogen-bond donors (Lipinski definition) is 1. The van der Waals surface area contributed by atoms with E-state index < -0.39 is 0 Å². The molecule has 2 aromatic carbocycles. The predicted octanol–water partition coefficient (Wildman–Crippen LogP) is 3.00. The van der Waals surface area contributed by atoms with E-state index in [2.05, 4.69) is 16.3 Å². The summed E-state index contributed by atoms with van der Waals surface area (Å²) in [7, 11) is 0. The molecular formula is C14H11N3O. The van der Waals surface area contributed by atoms with E-state index in [9.17, 15) is 0 Å². The van der Waals surface area contributed by atoms with Crippen LogP contribution < -0.4 is 10.5 Å². The van der Waals surface area contributed by atoms with Crippen molar-refractivity contribution in [2.45, 2.75) is 0 Å². The number of aromatic nitrogens is 2. The fourth-order valence-corrected chi connectivity index (χ4v) is 1.74. The third-order valence-corrected chi connectivity index (χ3v) is 2.60. The topological polar surface area (TPSA) is 61.0 Å². The number of hydrogen-bond acceptors (Lipinski definition) is 4. The second kappa shape index (κ2) is 4.33.